The highest BCUT2D eigenvalue weighted by Gasteiger charge is 2.33. The predicted octanol–water partition coefficient (Wildman–Crippen LogP) is 2.76. The van der Waals surface area contributed by atoms with E-state index in [2.05, 4.69) is 5.32 Å². The zero-order valence-corrected chi connectivity index (χ0v) is 14.0. The lowest BCUT2D eigenvalue weighted by Gasteiger charge is -2.23. The summed E-state index contributed by atoms with van der Waals surface area (Å²) in [4.78, 5) is 28.1. The second kappa shape index (κ2) is 7.20. The first-order valence-electron chi connectivity index (χ1n) is 8.63. The first-order valence-corrected chi connectivity index (χ1v) is 8.63. The van der Waals surface area contributed by atoms with Crippen LogP contribution in [0.3, 0.4) is 0 Å². The number of halogens is 1. The van der Waals surface area contributed by atoms with E-state index >= 15 is 0 Å². The quantitative estimate of drug-likeness (QED) is 0.925. The van der Waals surface area contributed by atoms with Crippen LogP contribution in [0.1, 0.15) is 32.1 Å². The summed E-state index contributed by atoms with van der Waals surface area (Å²) in [7, 11) is 1.65. The number of nitrogens with one attached hydrogen (secondary N) is 1. The van der Waals surface area contributed by atoms with Crippen LogP contribution in [-0.2, 0) is 4.79 Å². The fraction of sp³-hybridized carbons (Fsp3) is 0.556. The van der Waals surface area contributed by atoms with Crippen molar-refractivity contribution in [1.82, 2.24) is 10.2 Å². The molecule has 0 unspecified atom stereocenters. The summed E-state index contributed by atoms with van der Waals surface area (Å²) in [5.41, 5.74) is 0.630. The van der Waals surface area contributed by atoms with E-state index in [9.17, 15) is 14.0 Å². The third-order valence-corrected chi connectivity index (χ3v) is 5.05. The predicted molar refractivity (Wildman–Crippen MR) is 90.3 cm³/mol. The Labute approximate surface area is 141 Å². The van der Waals surface area contributed by atoms with Gasteiger partial charge in [-0.3, -0.25) is 9.69 Å². The number of hydrogen-bond donors (Lipinski definition) is 1. The average Bonchev–Trinajstić information content (AvgIpc) is 3.26. The highest BCUT2D eigenvalue weighted by Crippen LogP contribution is 2.28. The molecule has 1 N–H and O–H groups in total. The van der Waals surface area contributed by atoms with Crippen LogP contribution in [0.15, 0.2) is 24.3 Å². The molecule has 3 rings (SSSR count). The van der Waals surface area contributed by atoms with Crippen LogP contribution < -0.4 is 10.2 Å². The Morgan fingerprint density at radius 1 is 1.17 bits per heavy atom. The summed E-state index contributed by atoms with van der Waals surface area (Å²) in [6, 6.07) is 5.54. The molecule has 0 spiro atoms. The van der Waals surface area contributed by atoms with Crippen molar-refractivity contribution in [3.8, 4) is 0 Å². The SMILES string of the molecule is CN(C(=O)N[C@@H]1CCN(C(=O)C2CCCC2)C1)c1ccc(F)cc1. The molecule has 1 saturated heterocycles. The van der Waals surface area contributed by atoms with Gasteiger partial charge in [0, 0.05) is 37.8 Å². The van der Waals surface area contributed by atoms with Gasteiger partial charge in [0.25, 0.3) is 0 Å². The van der Waals surface area contributed by atoms with Gasteiger partial charge in [0.05, 0.1) is 0 Å². The van der Waals surface area contributed by atoms with Gasteiger partial charge in [-0.1, -0.05) is 12.8 Å². The first kappa shape index (κ1) is 16.7. The van der Waals surface area contributed by atoms with E-state index in [1.165, 1.54) is 17.0 Å². The molecule has 1 atom stereocenters. The van der Waals surface area contributed by atoms with Gasteiger partial charge in [0.1, 0.15) is 5.82 Å². The molecule has 2 aliphatic rings. The Morgan fingerprint density at radius 3 is 2.50 bits per heavy atom. The number of nitrogens with zero attached hydrogens (tertiary/aromatic N) is 2. The Morgan fingerprint density at radius 2 is 1.83 bits per heavy atom. The van der Waals surface area contributed by atoms with Crippen molar-refractivity contribution in [1.29, 1.82) is 0 Å². The molecule has 1 aliphatic heterocycles. The molecular weight excluding hydrogens is 309 g/mol. The molecule has 0 aromatic heterocycles. The Hall–Kier alpha value is -2.11. The summed E-state index contributed by atoms with van der Waals surface area (Å²) in [6.45, 7) is 1.29. The molecule has 0 bridgehead atoms. The summed E-state index contributed by atoms with van der Waals surface area (Å²) < 4.78 is 13.0. The van der Waals surface area contributed by atoms with Crippen LogP contribution in [0.4, 0.5) is 14.9 Å². The second-order valence-corrected chi connectivity index (χ2v) is 6.74. The van der Waals surface area contributed by atoms with E-state index in [1.54, 1.807) is 19.2 Å². The lowest BCUT2D eigenvalue weighted by molar-refractivity contribution is -0.134. The molecule has 130 valence electrons. The normalized spacial score (nSPS) is 21.1. The third kappa shape index (κ3) is 3.68. The van der Waals surface area contributed by atoms with Gasteiger partial charge in [0.15, 0.2) is 0 Å². The van der Waals surface area contributed by atoms with Gasteiger partial charge in [-0.15, -0.1) is 0 Å². The average molecular weight is 333 g/mol. The van der Waals surface area contributed by atoms with E-state index in [4.69, 9.17) is 0 Å². The van der Waals surface area contributed by atoms with Gasteiger partial charge in [-0.2, -0.15) is 0 Å². The number of benzene rings is 1. The molecule has 2 fully saturated rings. The molecule has 6 heteroatoms. The summed E-state index contributed by atoms with van der Waals surface area (Å²) in [5, 5.41) is 2.97. The van der Waals surface area contributed by atoms with Crippen LogP contribution in [-0.4, -0.2) is 43.0 Å². The maximum Gasteiger partial charge on any atom is 0.321 e. The van der Waals surface area contributed by atoms with Crippen LogP contribution in [0.5, 0.6) is 0 Å². The zero-order valence-electron chi connectivity index (χ0n) is 14.0. The van der Waals surface area contributed by atoms with Crippen molar-refractivity contribution in [2.75, 3.05) is 25.0 Å². The highest BCUT2D eigenvalue weighted by atomic mass is 19.1. The van der Waals surface area contributed by atoms with Crippen molar-refractivity contribution in [2.24, 2.45) is 5.92 Å². The van der Waals surface area contributed by atoms with Crippen molar-refractivity contribution < 1.29 is 14.0 Å². The maximum atomic E-state index is 13.0. The topological polar surface area (TPSA) is 52.7 Å². The number of amides is 3. The molecule has 24 heavy (non-hydrogen) atoms. The van der Waals surface area contributed by atoms with Crippen LogP contribution in [0.2, 0.25) is 0 Å². The molecule has 0 radical (unpaired) electrons. The smallest absolute Gasteiger partial charge is 0.321 e. The summed E-state index contributed by atoms with van der Waals surface area (Å²) >= 11 is 0. The largest absolute Gasteiger partial charge is 0.340 e. The molecular formula is C18H24FN3O2. The molecule has 1 saturated carbocycles. The van der Waals surface area contributed by atoms with Crippen molar-refractivity contribution >= 4 is 17.6 Å². The van der Waals surface area contributed by atoms with Crippen molar-refractivity contribution in [2.45, 2.75) is 38.1 Å². The Kier molecular flexibility index (Phi) is 5.02. The van der Waals surface area contributed by atoms with Crippen molar-refractivity contribution in [3.05, 3.63) is 30.1 Å². The van der Waals surface area contributed by atoms with Crippen LogP contribution in [0, 0.1) is 11.7 Å². The minimum Gasteiger partial charge on any atom is -0.340 e. The number of anilines is 1. The monoisotopic (exact) mass is 333 g/mol. The number of carbonyl (C=O) groups is 2. The number of likely N-dealkylation sites (tertiary alicyclic amines) is 1. The minimum absolute atomic E-state index is 0.0225. The Balaban J connectivity index is 1.52. The van der Waals surface area contributed by atoms with Gasteiger partial charge in [-0.05, 0) is 43.5 Å². The van der Waals surface area contributed by atoms with Crippen LogP contribution >= 0.6 is 0 Å². The number of carbonyl (C=O) groups excluding carboxylic acids is 2. The van der Waals surface area contributed by atoms with E-state index in [-0.39, 0.29) is 29.7 Å². The summed E-state index contributed by atoms with van der Waals surface area (Å²) in [6.07, 6.45) is 5.07. The lowest BCUT2D eigenvalue weighted by Crippen LogP contribution is -2.45. The highest BCUT2D eigenvalue weighted by molar-refractivity contribution is 5.91. The van der Waals surface area contributed by atoms with Gasteiger partial charge >= 0.3 is 6.03 Å². The number of hydrogen-bond acceptors (Lipinski definition) is 2. The molecule has 1 aliphatic carbocycles. The van der Waals surface area contributed by atoms with Gasteiger partial charge < -0.3 is 10.2 Å². The maximum absolute atomic E-state index is 13.0. The van der Waals surface area contributed by atoms with Crippen LogP contribution in [0.25, 0.3) is 0 Å². The number of rotatable bonds is 3. The van der Waals surface area contributed by atoms with E-state index < -0.39 is 0 Å². The fourth-order valence-electron chi connectivity index (χ4n) is 3.56. The third-order valence-electron chi connectivity index (χ3n) is 5.05. The standard InChI is InChI=1S/C18H24FN3O2/c1-21(16-8-6-14(19)7-9-16)18(24)20-15-10-11-22(12-15)17(23)13-4-2-3-5-13/h6-9,13,15H,2-5,10-12H2,1H3,(H,20,24)/t15-/m1/s1. The first-order chi connectivity index (χ1) is 11.5. The van der Waals surface area contributed by atoms with E-state index in [1.807, 2.05) is 4.90 Å². The molecule has 1 aromatic rings. The zero-order chi connectivity index (χ0) is 17.1. The molecule has 3 amide bonds. The molecule has 5 nitrogen and oxygen atoms in total. The minimum atomic E-state index is -0.329. The lowest BCUT2D eigenvalue weighted by atomic mass is 10.1. The van der Waals surface area contributed by atoms with E-state index in [0.717, 1.165) is 32.1 Å². The summed E-state index contributed by atoms with van der Waals surface area (Å²) in [5.74, 6) is 0.0990. The fourth-order valence-corrected chi connectivity index (χ4v) is 3.56. The Bertz CT molecular complexity index is 599. The second-order valence-electron chi connectivity index (χ2n) is 6.74. The van der Waals surface area contributed by atoms with E-state index in [0.29, 0.717) is 18.8 Å². The number of urea groups is 1. The van der Waals surface area contributed by atoms with Crippen molar-refractivity contribution in [3.63, 3.8) is 0 Å². The van der Waals surface area contributed by atoms with Gasteiger partial charge in [0.2, 0.25) is 5.91 Å². The molecule has 1 heterocycles. The molecule has 1 aromatic carbocycles. The van der Waals surface area contributed by atoms with Gasteiger partial charge in [-0.25, -0.2) is 9.18 Å².